The first-order chi connectivity index (χ1) is 16.6. The highest BCUT2D eigenvalue weighted by Crippen LogP contribution is 2.44. The molecule has 8 heteroatoms. The van der Waals surface area contributed by atoms with Gasteiger partial charge in [-0.1, -0.05) is 19.1 Å². The second-order valence-electron chi connectivity index (χ2n) is 10.6. The van der Waals surface area contributed by atoms with Crippen LogP contribution < -0.4 is 4.74 Å². The number of carbonyl (C=O) groups excluding carboxylic acids is 1. The van der Waals surface area contributed by atoms with Crippen LogP contribution in [0.1, 0.15) is 74.2 Å². The number of halogens is 3. The molecule has 0 aromatic heterocycles. The molecule has 2 unspecified atom stereocenters. The molecule has 190 valence electrons. The molecule has 2 saturated heterocycles. The summed E-state index contributed by atoms with van der Waals surface area (Å²) in [6.07, 6.45) is -0.187. The fourth-order valence-electron chi connectivity index (χ4n) is 6.30. The Morgan fingerprint density at radius 1 is 1.00 bits per heavy atom. The standard InChI is InChI=1S/C27H32F3NO4/c1-15-2-8-21(9-3-15)35-23-11-5-16-12-17(4-10-22(16)24(23)27(28,29)30)25(32)31-19-6-7-20(31)14-18(13-19)26(33)34/h4-5,10-12,15,18-21,26,33-34H,2-3,6-9,13-14H2,1H3. The van der Waals surface area contributed by atoms with Crippen molar-refractivity contribution >= 4 is 16.7 Å². The largest absolute Gasteiger partial charge is 0.490 e. The maximum atomic E-state index is 14.2. The monoisotopic (exact) mass is 491 g/mol. The van der Waals surface area contributed by atoms with Crippen LogP contribution in [0.25, 0.3) is 10.8 Å². The molecule has 1 saturated carbocycles. The SMILES string of the molecule is CC1CCC(Oc2ccc3cc(C(=O)N4C5CCC4CC(C(O)O)C5)ccc3c2C(F)(F)F)CC1. The molecule has 1 amide bonds. The molecule has 2 N–H and O–H groups in total. The zero-order valence-corrected chi connectivity index (χ0v) is 19.8. The van der Waals surface area contributed by atoms with Gasteiger partial charge in [0.2, 0.25) is 0 Å². The van der Waals surface area contributed by atoms with Gasteiger partial charge in [-0.15, -0.1) is 0 Å². The average Bonchev–Trinajstić information content (AvgIpc) is 3.07. The van der Waals surface area contributed by atoms with Gasteiger partial charge in [0.15, 0.2) is 6.29 Å². The van der Waals surface area contributed by atoms with Crippen LogP contribution in [-0.2, 0) is 6.18 Å². The fourth-order valence-corrected chi connectivity index (χ4v) is 6.30. The number of hydrogen-bond donors (Lipinski definition) is 2. The number of rotatable bonds is 4. The number of benzene rings is 2. The van der Waals surface area contributed by atoms with Crippen molar-refractivity contribution in [2.45, 2.75) is 88.9 Å². The summed E-state index contributed by atoms with van der Waals surface area (Å²) in [7, 11) is 0. The summed E-state index contributed by atoms with van der Waals surface area (Å²) >= 11 is 0. The smallest absolute Gasteiger partial charge is 0.420 e. The highest BCUT2D eigenvalue weighted by atomic mass is 19.4. The van der Waals surface area contributed by atoms with Crippen LogP contribution in [0.5, 0.6) is 5.75 Å². The van der Waals surface area contributed by atoms with Crippen molar-refractivity contribution < 1.29 is 32.9 Å². The van der Waals surface area contributed by atoms with Gasteiger partial charge in [0.05, 0.1) is 6.10 Å². The molecule has 0 spiro atoms. The van der Waals surface area contributed by atoms with Gasteiger partial charge in [0.1, 0.15) is 11.3 Å². The number of aliphatic hydroxyl groups is 2. The quantitative estimate of drug-likeness (QED) is 0.554. The highest BCUT2D eigenvalue weighted by molar-refractivity contribution is 6.00. The zero-order chi connectivity index (χ0) is 24.9. The Bertz CT molecular complexity index is 1080. The van der Waals surface area contributed by atoms with Crippen molar-refractivity contribution in [3.63, 3.8) is 0 Å². The van der Waals surface area contributed by atoms with Crippen LogP contribution >= 0.6 is 0 Å². The zero-order valence-electron chi connectivity index (χ0n) is 19.8. The van der Waals surface area contributed by atoms with Crippen molar-refractivity contribution in [3.05, 3.63) is 41.5 Å². The fraction of sp³-hybridized carbons (Fsp3) is 0.593. The Balaban J connectivity index is 1.43. The number of hydrogen-bond acceptors (Lipinski definition) is 4. The number of carbonyl (C=O) groups is 1. The first-order valence-corrected chi connectivity index (χ1v) is 12.6. The minimum Gasteiger partial charge on any atom is -0.490 e. The van der Waals surface area contributed by atoms with E-state index in [1.165, 1.54) is 24.3 Å². The molecule has 35 heavy (non-hydrogen) atoms. The average molecular weight is 492 g/mol. The van der Waals surface area contributed by atoms with E-state index >= 15 is 0 Å². The summed E-state index contributed by atoms with van der Waals surface area (Å²) < 4.78 is 48.4. The van der Waals surface area contributed by atoms with Gasteiger partial charge in [0, 0.05) is 23.6 Å². The minimum absolute atomic E-state index is 0.0285. The first-order valence-electron chi connectivity index (χ1n) is 12.6. The Hall–Kier alpha value is -2.32. The molecular weight excluding hydrogens is 459 g/mol. The summed E-state index contributed by atoms with van der Waals surface area (Å²) in [6.45, 7) is 2.15. The van der Waals surface area contributed by atoms with Gasteiger partial charge in [-0.3, -0.25) is 4.79 Å². The molecule has 2 bridgehead atoms. The van der Waals surface area contributed by atoms with Gasteiger partial charge in [-0.25, -0.2) is 0 Å². The van der Waals surface area contributed by atoms with Crippen molar-refractivity contribution in [2.24, 2.45) is 11.8 Å². The molecule has 2 aliphatic heterocycles. The lowest BCUT2D eigenvalue weighted by Gasteiger charge is -2.39. The summed E-state index contributed by atoms with van der Waals surface area (Å²) in [5.74, 6) is -0.0469. The van der Waals surface area contributed by atoms with E-state index in [0.29, 0.717) is 29.7 Å². The maximum absolute atomic E-state index is 14.2. The van der Waals surface area contributed by atoms with E-state index in [9.17, 15) is 28.2 Å². The second kappa shape index (κ2) is 9.28. The molecular formula is C27H32F3NO4. The number of piperidine rings is 1. The lowest BCUT2D eigenvalue weighted by Crippen LogP contribution is -2.48. The van der Waals surface area contributed by atoms with Gasteiger partial charge in [0.25, 0.3) is 5.91 Å². The number of aliphatic hydroxyl groups excluding tert-OH is 1. The molecule has 5 nitrogen and oxygen atoms in total. The third-order valence-electron chi connectivity index (χ3n) is 8.19. The third kappa shape index (κ3) is 4.75. The summed E-state index contributed by atoms with van der Waals surface area (Å²) in [6, 6.07) is 7.21. The Labute approximate surface area is 202 Å². The van der Waals surface area contributed by atoms with Crippen LogP contribution in [0.4, 0.5) is 13.2 Å². The molecule has 2 aromatic carbocycles. The number of nitrogens with zero attached hydrogens (tertiary/aromatic N) is 1. The number of ether oxygens (including phenoxy) is 1. The number of fused-ring (bicyclic) bond motifs is 3. The Kier molecular flexibility index (Phi) is 6.46. The van der Waals surface area contributed by atoms with Crippen molar-refractivity contribution in [2.75, 3.05) is 0 Å². The van der Waals surface area contributed by atoms with E-state index in [0.717, 1.165) is 38.5 Å². The van der Waals surface area contributed by atoms with Crippen LogP contribution in [0.15, 0.2) is 30.3 Å². The normalized spacial score (nSPS) is 29.1. The van der Waals surface area contributed by atoms with Crippen LogP contribution in [-0.4, -0.2) is 45.5 Å². The molecule has 3 aliphatic rings. The van der Waals surface area contributed by atoms with Crippen LogP contribution in [0, 0.1) is 11.8 Å². The molecule has 5 rings (SSSR count). The van der Waals surface area contributed by atoms with Gasteiger partial charge in [-0.2, -0.15) is 13.2 Å². The van der Waals surface area contributed by atoms with Crippen molar-refractivity contribution in [3.8, 4) is 5.75 Å². The van der Waals surface area contributed by atoms with Crippen molar-refractivity contribution in [1.82, 2.24) is 4.90 Å². The lowest BCUT2D eigenvalue weighted by atomic mass is 9.89. The molecule has 2 aromatic rings. The van der Waals surface area contributed by atoms with Crippen LogP contribution in [0.3, 0.4) is 0 Å². The van der Waals surface area contributed by atoms with E-state index in [1.54, 1.807) is 11.0 Å². The minimum atomic E-state index is -4.59. The van der Waals surface area contributed by atoms with Crippen molar-refractivity contribution in [1.29, 1.82) is 0 Å². The molecule has 1 aliphatic carbocycles. The Morgan fingerprint density at radius 3 is 2.26 bits per heavy atom. The van der Waals surface area contributed by atoms with E-state index in [2.05, 4.69) is 6.92 Å². The lowest BCUT2D eigenvalue weighted by molar-refractivity contribution is -0.138. The summed E-state index contributed by atoms with van der Waals surface area (Å²) in [5.41, 5.74) is -0.439. The predicted molar refractivity (Wildman–Crippen MR) is 125 cm³/mol. The molecule has 2 heterocycles. The number of alkyl halides is 3. The van der Waals surface area contributed by atoms with E-state index in [4.69, 9.17) is 4.74 Å². The third-order valence-corrected chi connectivity index (χ3v) is 8.19. The highest BCUT2D eigenvalue weighted by Gasteiger charge is 2.45. The Morgan fingerprint density at radius 2 is 1.66 bits per heavy atom. The number of amides is 1. The molecule has 2 atom stereocenters. The summed E-state index contributed by atoms with van der Waals surface area (Å²) in [4.78, 5) is 15.2. The second-order valence-corrected chi connectivity index (χ2v) is 10.6. The van der Waals surface area contributed by atoms with Gasteiger partial charge in [-0.05, 0) is 86.3 Å². The predicted octanol–water partition coefficient (Wildman–Crippen LogP) is 5.51. The van der Waals surface area contributed by atoms with E-state index in [1.807, 2.05) is 0 Å². The van der Waals surface area contributed by atoms with Gasteiger partial charge < -0.3 is 19.8 Å². The summed E-state index contributed by atoms with van der Waals surface area (Å²) in [5, 5.41) is 19.5. The van der Waals surface area contributed by atoms with E-state index in [-0.39, 0.29) is 41.1 Å². The maximum Gasteiger partial charge on any atom is 0.420 e. The molecule has 0 radical (unpaired) electrons. The van der Waals surface area contributed by atoms with Crippen LogP contribution in [0.2, 0.25) is 0 Å². The first kappa shape index (κ1) is 24.4. The molecule has 3 fully saturated rings. The topological polar surface area (TPSA) is 70.0 Å². The van der Waals surface area contributed by atoms with E-state index < -0.39 is 18.0 Å². The van der Waals surface area contributed by atoms with Gasteiger partial charge >= 0.3 is 6.18 Å².